The number of carbonyl (C=O) groups is 1. The molecule has 1 heterocycles. The van der Waals surface area contributed by atoms with Gasteiger partial charge in [0.25, 0.3) is 5.91 Å². The van der Waals surface area contributed by atoms with E-state index in [0.29, 0.717) is 27.9 Å². The van der Waals surface area contributed by atoms with Crippen LogP contribution in [0, 0.1) is 20.8 Å². The van der Waals surface area contributed by atoms with E-state index in [4.69, 9.17) is 33.0 Å². The van der Waals surface area contributed by atoms with Crippen molar-refractivity contribution < 1.29 is 13.9 Å². The monoisotopic (exact) mass is 557 g/mol. The fourth-order valence-electron chi connectivity index (χ4n) is 3.75. The van der Waals surface area contributed by atoms with Crippen molar-refractivity contribution in [3.63, 3.8) is 0 Å². The van der Waals surface area contributed by atoms with Crippen molar-refractivity contribution in [3.8, 4) is 17.2 Å². The summed E-state index contributed by atoms with van der Waals surface area (Å²) < 4.78 is 12.2. The Morgan fingerprint density at radius 1 is 1.12 bits per heavy atom. The number of fused-ring (bicyclic) bond motifs is 1. The zero-order valence-corrected chi connectivity index (χ0v) is 22.0. The van der Waals surface area contributed by atoms with Crippen LogP contribution in [0.5, 0.6) is 5.75 Å². The van der Waals surface area contributed by atoms with Gasteiger partial charge in [0.1, 0.15) is 11.3 Å². The zero-order chi connectivity index (χ0) is 24.6. The number of aromatic nitrogens is 1. The molecule has 0 radical (unpaired) electrons. The maximum Gasteiger partial charge on any atom is 0.261 e. The highest BCUT2D eigenvalue weighted by Gasteiger charge is 2.18. The Balaban J connectivity index is 1.57. The van der Waals surface area contributed by atoms with Gasteiger partial charge in [0.05, 0.1) is 23.4 Å². The predicted octanol–water partition coefficient (Wildman–Crippen LogP) is 6.97. The Morgan fingerprint density at radius 3 is 2.62 bits per heavy atom. The zero-order valence-electron chi connectivity index (χ0n) is 18.9. The first-order valence-electron chi connectivity index (χ1n) is 10.3. The minimum atomic E-state index is -0.407. The molecule has 0 unspecified atom stereocenters. The molecule has 0 aliphatic heterocycles. The summed E-state index contributed by atoms with van der Waals surface area (Å²) in [6, 6.07) is 12.9. The molecule has 2 N–H and O–H groups in total. The molecule has 0 atom stereocenters. The topological polar surface area (TPSA) is 76.4 Å². The number of hydrogen-bond donors (Lipinski definition) is 2. The van der Waals surface area contributed by atoms with Crippen LogP contribution < -0.4 is 15.4 Å². The number of amides is 1. The molecule has 6 nitrogen and oxygen atoms in total. The van der Waals surface area contributed by atoms with E-state index in [-0.39, 0.29) is 5.11 Å². The number of aryl methyl sites for hydroxylation is 3. The molecule has 3 aromatic carbocycles. The molecular weight excluding hydrogens is 538 g/mol. The third-order valence-electron chi connectivity index (χ3n) is 5.20. The number of nitrogens with zero attached hydrogens (tertiary/aromatic N) is 1. The lowest BCUT2D eigenvalue weighted by atomic mass is 10.1. The van der Waals surface area contributed by atoms with Crippen molar-refractivity contribution in [2.75, 3.05) is 12.4 Å². The molecule has 0 saturated carbocycles. The van der Waals surface area contributed by atoms with Gasteiger partial charge in [-0.1, -0.05) is 33.6 Å². The van der Waals surface area contributed by atoms with Crippen LogP contribution in [0.15, 0.2) is 51.4 Å². The number of rotatable bonds is 4. The van der Waals surface area contributed by atoms with Gasteiger partial charge in [-0.2, -0.15) is 0 Å². The van der Waals surface area contributed by atoms with Crippen LogP contribution in [0.25, 0.3) is 22.6 Å². The van der Waals surface area contributed by atoms with E-state index in [1.165, 1.54) is 7.11 Å². The van der Waals surface area contributed by atoms with Crippen molar-refractivity contribution in [2.24, 2.45) is 0 Å². The van der Waals surface area contributed by atoms with Crippen LogP contribution >= 0.6 is 39.7 Å². The Kier molecular flexibility index (Phi) is 6.93. The van der Waals surface area contributed by atoms with E-state index in [1.807, 2.05) is 39.0 Å². The third kappa shape index (κ3) is 4.94. The van der Waals surface area contributed by atoms with Gasteiger partial charge >= 0.3 is 0 Å². The second-order valence-electron chi connectivity index (χ2n) is 7.86. The van der Waals surface area contributed by atoms with Crippen molar-refractivity contribution in [2.45, 2.75) is 20.8 Å². The van der Waals surface area contributed by atoms with Gasteiger partial charge in [0, 0.05) is 10.0 Å². The number of hydrogen-bond acceptors (Lipinski definition) is 5. The summed E-state index contributed by atoms with van der Waals surface area (Å²) in [6.45, 7) is 5.87. The number of benzene rings is 3. The molecule has 0 saturated heterocycles. The average Bonchev–Trinajstić information content (AvgIpc) is 3.19. The maximum absolute atomic E-state index is 12.9. The lowest BCUT2D eigenvalue weighted by Gasteiger charge is -2.14. The molecular formula is C25H21BrClN3O3S. The third-order valence-corrected chi connectivity index (χ3v) is 6.19. The number of thiocarbonyl (C=S) groups is 1. The Hall–Kier alpha value is -2.94. The van der Waals surface area contributed by atoms with Gasteiger partial charge < -0.3 is 14.5 Å². The molecule has 1 amide bonds. The Bertz CT molecular complexity index is 1450. The van der Waals surface area contributed by atoms with E-state index in [9.17, 15) is 4.79 Å². The first kappa shape index (κ1) is 24.2. The summed E-state index contributed by atoms with van der Waals surface area (Å²) in [5, 5.41) is 6.19. The minimum Gasteiger partial charge on any atom is -0.496 e. The second-order valence-corrected chi connectivity index (χ2v) is 9.59. The fourth-order valence-corrected chi connectivity index (χ4v) is 4.69. The predicted molar refractivity (Wildman–Crippen MR) is 143 cm³/mol. The molecule has 34 heavy (non-hydrogen) atoms. The first-order chi connectivity index (χ1) is 16.2. The van der Waals surface area contributed by atoms with Crippen molar-refractivity contribution in [1.29, 1.82) is 0 Å². The van der Waals surface area contributed by atoms with E-state index in [0.717, 1.165) is 37.8 Å². The summed E-state index contributed by atoms with van der Waals surface area (Å²) in [5.74, 6) is 0.536. The van der Waals surface area contributed by atoms with E-state index < -0.39 is 5.91 Å². The summed E-state index contributed by atoms with van der Waals surface area (Å²) in [4.78, 5) is 17.5. The molecule has 9 heteroatoms. The Morgan fingerprint density at radius 2 is 1.88 bits per heavy atom. The van der Waals surface area contributed by atoms with Crippen molar-refractivity contribution >= 4 is 67.6 Å². The molecule has 0 spiro atoms. The highest BCUT2D eigenvalue weighted by atomic mass is 79.9. The van der Waals surface area contributed by atoms with E-state index >= 15 is 0 Å². The summed E-state index contributed by atoms with van der Waals surface area (Å²) in [6.07, 6.45) is 0. The van der Waals surface area contributed by atoms with Crippen LogP contribution in [0.1, 0.15) is 27.0 Å². The van der Waals surface area contributed by atoms with Crippen LogP contribution in [-0.2, 0) is 0 Å². The lowest BCUT2D eigenvalue weighted by Crippen LogP contribution is -2.34. The van der Waals surface area contributed by atoms with Gasteiger partial charge in [0.15, 0.2) is 10.7 Å². The molecule has 0 fully saturated rings. The van der Waals surface area contributed by atoms with Gasteiger partial charge in [-0.05, 0) is 86.1 Å². The molecule has 174 valence electrons. The second kappa shape index (κ2) is 9.74. The van der Waals surface area contributed by atoms with Crippen LogP contribution in [0.3, 0.4) is 0 Å². The van der Waals surface area contributed by atoms with Gasteiger partial charge in [-0.15, -0.1) is 0 Å². The number of ether oxygens (including phenoxy) is 1. The number of nitrogens with one attached hydrogen (secondary N) is 2. The van der Waals surface area contributed by atoms with E-state index in [1.54, 1.807) is 18.2 Å². The van der Waals surface area contributed by atoms with Gasteiger partial charge in [-0.3, -0.25) is 10.1 Å². The highest BCUT2D eigenvalue weighted by Crippen LogP contribution is 2.32. The number of oxazole rings is 1. The normalized spacial score (nSPS) is 10.9. The number of methoxy groups -OCH3 is 1. The molecule has 0 bridgehead atoms. The number of halogens is 2. The number of anilines is 1. The quantitative estimate of drug-likeness (QED) is 0.263. The fraction of sp³-hybridized carbons (Fsp3) is 0.160. The standard InChI is InChI=1S/C25H21BrClN3O3S/c1-12-7-13(2)22-20(8-12)28-24(33-22)15-5-6-18(27)19(10-15)29-25(34)30-23(31)17-11-16(26)9-14(3)21(17)32-4/h5-11H,1-4H3,(H2,29,30,31,34). The molecule has 0 aliphatic rings. The maximum atomic E-state index is 12.9. The molecule has 0 aliphatic carbocycles. The van der Waals surface area contributed by atoms with Crippen molar-refractivity contribution in [3.05, 3.63) is 74.2 Å². The van der Waals surface area contributed by atoms with E-state index in [2.05, 4.69) is 37.6 Å². The average molecular weight is 559 g/mol. The molecule has 4 aromatic rings. The van der Waals surface area contributed by atoms with Crippen LogP contribution in [0.4, 0.5) is 5.69 Å². The lowest BCUT2D eigenvalue weighted by molar-refractivity contribution is 0.0974. The summed E-state index contributed by atoms with van der Waals surface area (Å²) in [5.41, 5.74) is 6.07. The van der Waals surface area contributed by atoms with Crippen LogP contribution in [-0.4, -0.2) is 23.1 Å². The molecule has 1 aromatic heterocycles. The van der Waals surface area contributed by atoms with Gasteiger partial charge in [0.2, 0.25) is 5.89 Å². The smallest absolute Gasteiger partial charge is 0.261 e. The van der Waals surface area contributed by atoms with Gasteiger partial charge in [-0.25, -0.2) is 4.98 Å². The summed E-state index contributed by atoms with van der Waals surface area (Å²) >= 11 is 15.2. The van der Waals surface area contributed by atoms with Crippen molar-refractivity contribution in [1.82, 2.24) is 10.3 Å². The summed E-state index contributed by atoms with van der Waals surface area (Å²) in [7, 11) is 1.52. The molecule has 4 rings (SSSR count). The number of carbonyl (C=O) groups excluding carboxylic acids is 1. The minimum absolute atomic E-state index is 0.0905. The Labute approximate surface area is 215 Å². The SMILES string of the molecule is COc1c(C)cc(Br)cc1C(=O)NC(=S)Nc1cc(-c2nc3cc(C)cc(C)c3o2)ccc1Cl. The highest BCUT2D eigenvalue weighted by molar-refractivity contribution is 9.10. The largest absolute Gasteiger partial charge is 0.496 e. The van der Waals surface area contributed by atoms with Crippen LogP contribution in [0.2, 0.25) is 5.02 Å². The first-order valence-corrected chi connectivity index (χ1v) is 11.9.